The number of piperidine rings is 1. The summed E-state index contributed by atoms with van der Waals surface area (Å²) in [7, 11) is 1.63. The van der Waals surface area contributed by atoms with Crippen LogP contribution >= 0.6 is 0 Å². The Morgan fingerprint density at radius 1 is 1.26 bits per heavy atom. The Morgan fingerprint density at radius 3 is 2.67 bits per heavy atom. The third-order valence-electron chi connectivity index (χ3n) is 4.59. The Bertz CT molecular complexity index is 772. The number of hydrogen-bond donors (Lipinski definition) is 0. The van der Waals surface area contributed by atoms with E-state index in [1.807, 2.05) is 35.2 Å². The number of hydrogen-bond acceptors (Lipinski definition) is 5. The van der Waals surface area contributed by atoms with E-state index in [2.05, 4.69) is 16.9 Å². The molecule has 1 aromatic carbocycles. The van der Waals surface area contributed by atoms with Gasteiger partial charge in [0, 0.05) is 25.0 Å². The first-order valence-electron chi connectivity index (χ1n) is 9.26. The van der Waals surface area contributed by atoms with Gasteiger partial charge >= 0.3 is 6.01 Å². The molecule has 1 aliphatic rings. The molecular weight excluding hydrogens is 342 g/mol. The maximum Gasteiger partial charge on any atom is 0.316 e. The summed E-state index contributed by atoms with van der Waals surface area (Å²) in [6, 6.07) is 7.96. The van der Waals surface area contributed by atoms with Crippen LogP contribution in [0.4, 0.5) is 0 Å². The maximum absolute atomic E-state index is 12.5. The number of aromatic nitrogens is 2. The molecule has 2 aromatic rings. The molecule has 0 aliphatic carbocycles. The van der Waals surface area contributed by atoms with Crippen molar-refractivity contribution in [1.29, 1.82) is 0 Å². The Hall–Kier alpha value is -2.89. The van der Waals surface area contributed by atoms with Gasteiger partial charge in [0.2, 0.25) is 5.91 Å². The predicted molar refractivity (Wildman–Crippen MR) is 104 cm³/mol. The lowest BCUT2D eigenvalue weighted by atomic mass is 10.1. The van der Waals surface area contributed by atoms with Gasteiger partial charge in [0.25, 0.3) is 0 Å². The second kappa shape index (κ2) is 9.16. The summed E-state index contributed by atoms with van der Waals surface area (Å²) in [5, 5.41) is 0. The molecular formula is C21H25N3O3. The highest BCUT2D eigenvalue weighted by Gasteiger charge is 2.24. The minimum Gasteiger partial charge on any atom is -0.497 e. The molecule has 0 radical (unpaired) electrons. The topological polar surface area (TPSA) is 64.5 Å². The fraction of sp³-hybridized carbons (Fsp3) is 0.381. The number of nitrogens with zero attached hydrogens (tertiary/aromatic N) is 3. The van der Waals surface area contributed by atoms with E-state index in [4.69, 9.17) is 9.47 Å². The normalized spacial score (nSPS) is 17.1. The van der Waals surface area contributed by atoms with Crippen molar-refractivity contribution in [3.05, 3.63) is 53.9 Å². The number of aryl methyl sites for hydroxylation is 1. The van der Waals surface area contributed by atoms with Crippen molar-refractivity contribution in [3.63, 3.8) is 0 Å². The van der Waals surface area contributed by atoms with Gasteiger partial charge in [-0.05, 0) is 48.6 Å². The molecule has 1 aromatic heterocycles. The summed E-state index contributed by atoms with van der Waals surface area (Å²) in [6.45, 7) is 3.34. The molecule has 1 amide bonds. The van der Waals surface area contributed by atoms with Crippen molar-refractivity contribution in [2.45, 2.75) is 32.3 Å². The van der Waals surface area contributed by atoms with Gasteiger partial charge in [0.15, 0.2) is 0 Å². The zero-order chi connectivity index (χ0) is 19.1. The Balaban J connectivity index is 1.55. The quantitative estimate of drug-likeness (QED) is 0.734. The molecule has 0 N–H and O–H groups in total. The van der Waals surface area contributed by atoms with Gasteiger partial charge in [-0.15, -0.1) is 0 Å². The predicted octanol–water partition coefficient (Wildman–Crippen LogP) is 3.13. The standard InChI is InChI=1S/C21H25N3O3/c1-3-16-13-22-21(23-14-16)27-19-5-4-12-24(15-19)20(25)11-8-17-6-9-18(26-2)10-7-17/h6-11,13-14,19H,3-5,12,15H2,1-2H3/b11-8+. The van der Waals surface area contributed by atoms with Crippen LogP contribution in [0, 0.1) is 0 Å². The average Bonchev–Trinajstić information content (AvgIpc) is 2.73. The first kappa shape index (κ1) is 18.9. The first-order valence-corrected chi connectivity index (χ1v) is 9.26. The summed E-state index contributed by atoms with van der Waals surface area (Å²) >= 11 is 0. The van der Waals surface area contributed by atoms with Gasteiger partial charge in [0.05, 0.1) is 13.7 Å². The van der Waals surface area contributed by atoms with Crippen LogP contribution in [0.2, 0.25) is 0 Å². The Kier molecular flexibility index (Phi) is 6.41. The van der Waals surface area contributed by atoms with Crippen LogP contribution in [-0.4, -0.2) is 47.1 Å². The van der Waals surface area contributed by atoms with Crippen LogP contribution < -0.4 is 9.47 Å². The molecule has 2 heterocycles. The molecule has 6 nitrogen and oxygen atoms in total. The molecule has 1 fully saturated rings. The lowest BCUT2D eigenvalue weighted by molar-refractivity contribution is -0.128. The lowest BCUT2D eigenvalue weighted by Crippen LogP contribution is -2.43. The molecule has 1 aliphatic heterocycles. The number of carbonyl (C=O) groups excluding carboxylic acids is 1. The van der Waals surface area contributed by atoms with Gasteiger partial charge in [0.1, 0.15) is 11.9 Å². The van der Waals surface area contributed by atoms with Crippen molar-refractivity contribution in [2.75, 3.05) is 20.2 Å². The highest BCUT2D eigenvalue weighted by Crippen LogP contribution is 2.17. The van der Waals surface area contributed by atoms with E-state index < -0.39 is 0 Å². The van der Waals surface area contributed by atoms with Crippen molar-refractivity contribution >= 4 is 12.0 Å². The largest absolute Gasteiger partial charge is 0.497 e. The zero-order valence-electron chi connectivity index (χ0n) is 15.8. The van der Waals surface area contributed by atoms with Crippen molar-refractivity contribution in [2.24, 2.45) is 0 Å². The minimum absolute atomic E-state index is 0.0126. The molecule has 27 heavy (non-hydrogen) atoms. The summed E-state index contributed by atoms with van der Waals surface area (Å²) in [5.41, 5.74) is 2.03. The van der Waals surface area contributed by atoms with E-state index in [1.54, 1.807) is 25.6 Å². The van der Waals surface area contributed by atoms with Crippen LogP contribution in [0.1, 0.15) is 30.9 Å². The van der Waals surface area contributed by atoms with Gasteiger partial charge < -0.3 is 14.4 Å². The number of benzene rings is 1. The lowest BCUT2D eigenvalue weighted by Gasteiger charge is -2.31. The molecule has 1 saturated heterocycles. The third-order valence-corrected chi connectivity index (χ3v) is 4.59. The fourth-order valence-corrected chi connectivity index (χ4v) is 2.96. The SMILES string of the molecule is CCc1cnc(OC2CCCN(C(=O)/C=C/c3ccc(OC)cc3)C2)nc1. The first-order chi connectivity index (χ1) is 13.2. The molecule has 1 unspecified atom stereocenters. The summed E-state index contributed by atoms with van der Waals surface area (Å²) in [4.78, 5) is 22.8. The second-order valence-corrected chi connectivity index (χ2v) is 6.50. The van der Waals surface area contributed by atoms with Crippen molar-refractivity contribution in [3.8, 4) is 11.8 Å². The average molecular weight is 367 g/mol. The molecule has 0 spiro atoms. The van der Waals surface area contributed by atoms with Crippen LogP contribution in [0.3, 0.4) is 0 Å². The zero-order valence-corrected chi connectivity index (χ0v) is 15.8. The Morgan fingerprint density at radius 2 is 2.00 bits per heavy atom. The van der Waals surface area contributed by atoms with E-state index in [1.165, 1.54) is 0 Å². The number of methoxy groups -OCH3 is 1. The Labute approximate surface area is 159 Å². The van der Waals surface area contributed by atoms with E-state index in [-0.39, 0.29) is 12.0 Å². The van der Waals surface area contributed by atoms with Gasteiger partial charge in [-0.3, -0.25) is 4.79 Å². The molecule has 142 valence electrons. The number of rotatable bonds is 6. The van der Waals surface area contributed by atoms with Crippen molar-refractivity contribution in [1.82, 2.24) is 14.9 Å². The molecule has 0 saturated carbocycles. The minimum atomic E-state index is -0.0791. The number of likely N-dealkylation sites (tertiary alicyclic amines) is 1. The van der Waals surface area contributed by atoms with Gasteiger partial charge in [-0.25, -0.2) is 9.97 Å². The van der Waals surface area contributed by atoms with Crippen LogP contribution in [0.15, 0.2) is 42.7 Å². The molecule has 0 bridgehead atoms. The van der Waals surface area contributed by atoms with E-state index in [0.29, 0.717) is 12.6 Å². The number of ether oxygens (including phenoxy) is 2. The number of carbonyl (C=O) groups is 1. The smallest absolute Gasteiger partial charge is 0.316 e. The van der Waals surface area contributed by atoms with E-state index in [0.717, 1.165) is 42.7 Å². The third kappa shape index (κ3) is 5.29. The highest BCUT2D eigenvalue weighted by molar-refractivity contribution is 5.91. The fourth-order valence-electron chi connectivity index (χ4n) is 2.96. The summed E-state index contributed by atoms with van der Waals surface area (Å²) < 4.78 is 11.0. The van der Waals surface area contributed by atoms with Crippen LogP contribution in [0.5, 0.6) is 11.8 Å². The monoisotopic (exact) mass is 367 g/mol. The highest BCUT2D eigenvalue weighted by atomic mass is 16.5. The molecule has 1 atom stereocenters. The van der Waals surface area contributed by atoms with Gasteiger partial charge in [-0.2, -0.15) is 0 Å². The summed E-state index contributed by atoms with van der Waals surface area (Å²) in [5.74, 6) is 0.782. The summed E-state index contributed by atoms with van der Waals surface area (Å²) in [6.07, 6.45) is 9.61. The second-order valence-electron chi connectivity index (χ2n) is 6.50. The molecule has 6 heteroatoms. The van der Waals surface area contributed by atoms with Crippen LogP contribution in [0.25, 0.3) is 6.08 Å². The number of amides is 1. The van der Waals surface area contributed by atoms with Crippen molar-refractivity contribution < 1.29 is 14.3 Å². The maximum atomic E-state index is 12.5. The van der Waals surface area contributed by atoms with Gasteiger partial charge in [-0.1, -0.05) is 19.1 Å². The van der Waals surface area contributed by atoms with E-state index >= 15 is 0 Å². The van der Waals surface area contributed by atoms with Crippen LogP contribution in [-0.2, 0) is 11.2 Å². The van der Waals surface area contributed by atoms with E-state index in [9.17, 15) is 4.79 Å². The molecule has 3 rings (SSSR count).